The molecule has 1 unspecified atom stereocenters. The van der Waals surface area contributed by atoms with Crippen LogP contribution in [0.15, 0.2) is 0 Å². The predicted octanol–water partition coefficient (Wildman–Crippen LogP) is 4.11. The molecule has 1 nitrogen and oxygen atoms in total. The van der Waals surface area contributed by atoms with E-state index >= 15 is 0 Å². The first-order chi connectivity index (χ1) is 7.12. The minimum atomic E-state index is 0.433. The molecule has 15 heavy (non-hydrogen) atoms. The normalized spacial score (nSPS) is 23.0. The minimum absolute atomic E-state index is 0.433. The van der Waals surface area contributed by atoms with E-state index < -0.39 is 0 Å². The van der Waals surface area contributed by atoms with Gasteiger partial charge in [0.2, 0.25) is 0 Å². The van der Waals surface area contributed by atoms with Gasteiger partial charge in [0.1, 0.15) is 0 Å². The quantitative estimate of drug-likeness (QED) is 0.727. The minimum Gasteiger partial charge on any atom is -0.327 e. The monoisotopic (exact) mass is 211 g/mol. The van der Waals surface area contributed by atoms with E-state index in [0.717, 1.165) is 5.92 Å². The average molecular weight is 211 g/mol. The van der Waals surface area contributed by atoms with Gasteiger partial charge in [0.05, 0.1) is 0 Å². The van der Waals surface area contributed by atoms with Crippen LogP contribution in [0, 0.1) is 11.3 Å². The van der Waals surface area contributed by atoms with E-state index in [1.54, 1.807) is 0 Å². The molecule has 0 aromatic rings. The Balaban J connectivity index is 2.46. The molecule has 1 saturated carbocycles. The summed E-state index contributed by atoms with van der Waals surface area (Å²) in [6.07, 6.45) is 10.8. The zero-order valence-corrected chi connectivity index (χ0v) is 10.9. The van der Waals surface area contributed by atoms with Crippen LogP contribution < -0.4 is 5.73 Å². The Kier molecular flexibility index (Phi) is 5.11. The second-order valence-electron chi connectivity index (χ2n) is 5.74. The van der Waals surface area contributed by atoms with E-state index in [1.807, 2.05) is 0 Å². The van der Waals surface area contributed by atoms with Crippen LogP contribution in [-0.4, -0.2) is 6.04 Å². The molecule has 1 heteroatoms. The molecule has 1 fully saturated rings. The van der Waals surface area contributed by atoms with Crippen molar-refractivity contribution in [2.45, 2.75) is 78.2 Å². The molecule has 0 amide bonds. The van der Waals surface area contributed by atoms with Gasteiger partial charge in [-0.15, -0.1) is 0 Å². The molecular weight excluding hydrogens is 182 g/mol. The van der Waals surface area contributed by atoms with Crippen LogP contribution in [0.5, 0.6) is 0 Å². The van der Waals surface area contributed by atoms with Crippen molar-refractivity contribution in [3.63, 3.8) is 0 Å². The molecule has 0 radical (unpaired) electrons. The lowest BCUT2D eigenvalue weighted by Gasteiger charge is -2.40. The van der Waals surface area contributed by atoms with Crippen LogP contribution in [0.2, 0.25) is 0 Å². The van der Waals surface area contributed by atoms with Crippen molar-refractivity contribution in [2.75, 3.05) is 0 Å². The third-order valence-electron chi connectivity index (χ3n) is 4.63. The van der Waals surface area contributed by atoms with Gasteiger partial charge in [0.25, 0.3) is 0 Å². The smallest absolute Gasteiger partial charge is 0.00955 e. The summed E-state index contributed by atoms with van der Waals surface area (Å²) in [5, 5.41) is 0. The van der Waals surface area contributed by atoms with Crippen LogP contribution in [0.4, 0.5) is 0 Å². The number of hydrogen-bond acceptors (Lipinski definition) is 1. The largest absolute Gasteiger partial charge is 0.327 e. The summed E-state index contributed by atoms with van der Waals surface area (Å²) in [6, 6.07) is 0.433. The van der Waals surface area contributed by atoms with Gasteiger partial charge in [-0.25, -0.2) is 0 Å². The van der Waals surface area contributed by atoms with E-state index in [9.17, 15) is 0 Å². The van der Waals surface area contributed by atoms with Crippen LogP contribution >= 0.6 is 0 Å². The molecule has 0 bridgehead atoms. The fourth-order valence-corrected chi connectivity index (χ4v) is 3.00. The Bertz CT molecular complexity index is 166. The first-order valence-electron chi connectivity index (χ1n) is 6.88. The molecule has 0 heterocycles. The van der Waals surface area contributed by atoms with Gasteiger partial charge in [-0.2, -0.15) is 0 Å². The maximum absolute atomic E-state index is 6.43. The summed E-state index contributed by atoms with van der Waals surface area (Å²) in [7, 11) is 0. The van der Waals surface area contributed by atoms with Gasteiger partial charge < -0.3 is 5.73 Å². The Morgan fingerprint density at radius 2 is 1.60 bits per heavy atom. The molecule has 0 saturated heterocycles. The van der Waals surface area contributed by atoms with E-state index in [2.05, 4.69) is 20.8 Å². The first-order valence-corrected chi connectivity index (χ1v) is 6.88. The highest BCUT2D eigenvalue weighted by Crippen LogP contribution is 2.40. The Labute approximate surface area is 95.8 Å². The van der Waals surface area contributed by atoms with Gasteiger partial charge in [-0.1, -0.05) is 52.9 Å². The third kappa shape index (κ3) is 3.48. The van der Waals surface area contributed by atoms with Gasteiger partial charge in [0, 0.05) is 6.04 Å². The molecule has 0 aliphatic heterocycles. The van der Waals surface area contributed by atoms with E-state index in [-0.39, 0.29) is 0 Å². The summed E-state index contributed by atoms with van der Waals surface area (Å²) in [4.78, 5) is 0. The van der Waals surface area contributed by atoms with E-state index in [4.69, 9.17) is 5.73 Å². The van der Waals surface area contributed by atoms with Gasteiger partial charge in [-0.05, 0) is 30.6 Å². The summed E-state index contributed by atoms with van der Waals surface area (Å²) >= 11 is 0. The van der Waals surface area contributed by atoms with Crippen LogP contribution in [0.1, 0.15) is 72.1 Å². The van der Waals surface area contributed by atoms with E-state index in [0.29, 0.717) is 11.5 Å². The Hall–Kier alpha value is -0.0400. The van der Waals surface area contributed by atoms with Crippen LogP contribution in [-0.2, 0) is 0 Å². The second kappa shape index (κ2) is 5.89. The van der Waals surface area contributed by atoms with Crippen molar-refractivity contribution in [3.8, 4) is 0 Å². The summed E-state index contributed by atoms with van der Waals surface area (Å²) < 4.78 is 0. The number of rotatable bonds is 5. The molecule has 1 aliphatic rings. The lowest BCUT2D eigenvalue weighted by Crippen LogP contribution is -2.42. The summed E-state index contributed by atoms with van der Waals surface area (Å²) in [6.45, 7) is 7.01. The topological polar surface area (TPSA) is 26.0 Å². The van der Waals surface area contributed by atoms with Crippen molar-refractivity contribution in [1.29, 1.82) is 0 Å². The molecule has 0 aromatic heterocycles. The van der Waals surface area contributed by atoms with Crippen LogP contribution in [0.3, 0.4) is 0 Å². The maximum atomic E-state index is 6.43. The van der Waals surface area contributed by atoms with Crippen molar-refractivity contribution in [2.24, 2.45) is 17.1 Å². The number of hydrogen-bond donors (Lipinski definition) is 1. The first kappa shape index (κ1) is 13.0. The molecule has 1 atom stereocenters. The molecule has 2 N–H and O–H groups in total. The van der Waals surface area contributed by atoms with Gasteiger partial charge in [-0.3, -0.25) is 0 Å². The van der Waals surface area contributed by atoms with Crippen molar-refractivity contribution in [1.82, 2.24) is 0 Å². The van der Waals surface area contributed by atoms with Gasteiger partial charge >= 0.3 is 0 Å². The van der Waals surface area contributed by atoms with Crippen molar-refractivity contribution >= 4 is 0 Å². The Morgan fingerprint density at radius 1 is 1.07 bits per heavy atom. The SMILES string of the molecule is CCC(CC)CC(N)C1(C)CCCCC1. The summed E-state index contributed by atoms with van der Waals surface area (Å²) in [5.74, 6) is 0.846. The summed E-state index contributed by atoms with van der Waals surface area (Å²) in [5.41, 5.74) is 6.88. The van der Waals surface area contributed by atoms with Crippen molar-refractivity contribution < 1.29 is 0 Å². The highest BCUT2D eigenvalue weighted by molar-refractivity contribution is 4.88. The van der Waals surface area contributed by atoms with Crippen molar-refractivity contribution in [3.05, 3.63) is 0 Å². The Morgan fingerprint density at radius 3 is 2.07 bits per heavy atom. The van der Waals surface area contributed by atoms with Crippen LogP contribution in [0.25, 0.3) is 0 Å². The van der Waals surface area contributed by atoms with Gasteiger partial charge in [0.15, 0.2) is 0 Å². The average Bonchev–Trinajstić information content (AvgIpc) is 2.26. The molecule has 90 valence electrons. The van der Waals surface area contributed by atoms with E-state index in [1.165, 1.54) is 51.4 Å². The third-order valence-corrected chi connectivity index (χ3v) is 4.63. The molecule has 0 aromatic carbocycles. The molecule has 1 aliphatic carbocycles. The fraction of sp³-hybridized carbons (Fsp3) is 1.00. The predicted molar refractivity (Wildman–Crippen MR) is 67.9 cm³/mol. The zero-order chi connectivity index (χ0) is 11.3. The fourth-order valence-electron chi connectivity index (χ4n) is 3.00. The molecule has 0 spiro atoms. The molecule has 1 rings (SSSR count). The lowest BCUT2D eigenvalue weighted by molar-refractivity contribution is 0.148. The highest BCUT2D eigenvalue weighted by Gasteiger charge is 2.33. The molecular formula is C14H29N. The highest BCUT2D eigenvalue weighted by atomic mass is 14.7. The number of nitrogens with two attached hydrogens (primary N) is 1. The zero-order valence-electron chi connectivity index (χ0n) is 10.9. The second-order valence-corrected chi connectivity index (χ2v) is 5.74. The maximum Gasteiger partial charge on any atom is 0.00955 e. The lowest BCUT2D eigenvalue weighted by atomic mass is 9.68. The standard InChI is InChI=1S/C14H29N/c1-4-12(5-2)11-13(15)14(3)9-7-6-8-10-14/h12-13H,4-11,15H2,1-3H3.